The van der Waals surface area contributed by atoms with Crippen LogP contribution in [-0.2, 0) is 6.54 Å². The van der Waals surface area contributed by atoms with Crippen LogP contribution in [0.2, 0.25) is 5.02 Å². The highest BCUT2D eigenvalue weighted by Gasteiger charge is 2.23. The third-order valence-electron chi connectivity index (χ3n) is 3.83. The quantitative estimate of drug-likeness (QED) is 0.886. The summed E-state index contributed by atoms with van der Waals surface area (Å²) in [6.45, 7) is 5.55. The van der Waals surface area contributed by atoms with Crippen molar-refractivity contribution in [1.29, 1.82) is 0 Å². The maximum atomic E-state index is 6.03. The van der Waals surface area contributed by atoms with E-state index in [4.69, 9.17) is 17.3 Å². The van der Waals surface area contributed by atoms with Gasteiger partial charge in [0.2, 0.25) is 0 Å². The van der Waals surface area contributed by atoms with Crippen molar-refractivity contribution in [2.24, 2.45) is 11.7 Å². The summed E-state index contributed by atoms with van der Waals surface area (Å²) in [5.41, 5.74) is 7.34. The van der Waals surface area contributed by atoms with Gasteiger partial charge in [-0.05, 0) is 49.4 Å². The van der Waals surface area contributed by atoms with Crippen molar-refractivity contribution in [3.8, 4) is 0 Å². The van der Waals surface area contributed by atoms with Gasteiger partial charge in [-0.25, -0.2) is 0 Å². The van der Waals surface area contributed by atoms with Crippen molar-refractivity contribution in [2.75, 3.05) is 13.1 Å². The summed E-state index contributed by atoms with van der Waals surface area (Å²) >= 11 is 6.01. The molecule has 0 amide bonds. The maximum absolute atomic E-state index is 6.03. The Morgan fingerprint density at radius 2 is 2.33 bits per heavy atom. The highest BCUT2D eigenvalue weighted by molar-refractivity contribution is 6.30. The summed E-state index contributed by atoms with van der Waals surface area (Å²) in [7, 11) is 0. The van der Waals surface area contributed by atoms with E-state index in [1.54, 1.807) is 0 Å². The number of likely N-dealkylation sites (tertiary alicyclic amines) is 1. The number of hydrogen-bond donors (Lipinski definition) is 1. The van der Waals surface area contributed by atoms with E-state index in [0.29, 0.717) is 6.04 Å². The molecular weight excluding hydrogens is 244 g/mol. The fraction of sp³-hybridized carbons (Fsp3) is 0.600. The molecule has 1 aromatic rings. The van der Waals surface area contributed by atoms with Gasteiger partial charge >= 0.3 is 0 Å². The Balaban J connectivity index is 1.82. The molecule has 2 nitrogen and oxygen atoms in total. The first-order valence-electron chi connectivity index (χ1n) is 6.89. The zero-order valence-corrected chi connectivity index (χ0v) is 11.9. The molecule has 1 saturated heterocycles. The zero-order chi connectivity index (χ0) is 13.0. The maximum Gasteiger partial charge on any atom is 0.0409 e. The van der Waals surface area contributed by atoms with Crippen molar-refractivity contribution in [3.63, 3.8) is 0 Å². The summed E-state index contributed by atoms with van der Waals surface area (Å²) in [5.74, 6) is 0.777. The lowest BCUT2D eigenvalue weighted by Crippen LogP contribution is -2.25. The molecule has 0 spiro atoms. The van der Waals surface area contributed by atoms with Crippen LogP contribution in [0.1, 0.15) is 31.7 Å². The van der Waals surface area contributed by atoms with E-state index in [1.165, 1.54) is 31.5 Å². The second-order valence-electron chi connectivity index (χ2n) is 5.42. The zero-order valence-electron chi connectivity index (χ0n) is 11.1. The van der Waals surface area contributed by atoms with Gasteiger partial charge in [-0.1, -0.05) is 30.7 Å². The standard InChI is InChI=1S/C15H23ClN2/c1-2-15(17)9-13-6-7-18(11-13)10-12-4-3-5-14(16)8-12/h3-5,8,13,15H,2,6-7,9-11,17H2,1H3. The van der Waals surface area contributed by atoms with E-state index < -0.39 is 0 Å². The van der Waals surface area contributed by atoms with Crippen LogP contribution in [-0.4, -0.2) is 24.0 Å². The molecule has 18 heavy (non-hydrogen) atoms. The molecule has 2 atom stereocenters. The lowest BCUT2D eigenvalue weighted by atomic mass is 9.98. The van der Waals surface area contributed by atoms with Crippen molar-refractivity contribution >= 4 is 11.6 Å². The normalized spacial score (nSPS) is 22.3. The largest absolute Gasteiger partial charge is 0.328 e. The predicted molar refractivity (Wildman–Crippen MR) is 77.7 cm³/mol. The van der Waals surface area contributed by atoms with Crippen LogP contribution in [0.4, 0.5) is 0 Å². The van der Waals surface area contributed by atoms with Crippen LogP contribution in [0.15, 0.2) is 24.3 Å². The van der Waals surface area contributed by atoms with E-state index in [-0.39, 0.29) is 0 Å². The summed E-state index contributed by atoms with van der Waals surface area (Å²) < 4.78 is 0. The fourth-order valence-electron chi connectivity index (χ4n) is 2.74. The molecule has 1 aliphatic rings. The molecule has 1 aliphatic heterocycles. The Kier molecular flexibility index (Phi) is 5.04. The van der Waals surface area contributed by atoms with Gasteiger partial charge in [0.1, 0.15) is 0 Å². The van der Waals surface area contributed by atoms with Crippen LogP contribution in [0, 0.1) is 5.92 Å². The molecule has 0 aromatic heterocycles. The third-order valence-corrected chi connectivity index (χ3v) is 4.06. The fourth-order valence-corrected chi connectivity index (χ4v) is 2.95. The molecule has 2 rings (SSSR count). The summed E-state index contributed by atoms with van der Waals surface area (Å²) in [6.07, 6.45) is 3.54. The van der Waals surface area contributed by atoms with Crippen LogP contribution < -0.4 is 5.73 Å². The smallest absolute Gasteiger partial charge is 0.0409 e. The molecule has 1 aromatic carbocycles. The van der Waals surface area contributed by atoms with Gasteiger partial charge in [0.05, 0.1) is 0 Å². The minimum Gasteiger partial charge on any atom is -0.328 e. The predicted octanol–water partition coefficient (Wildman–Crippen LogP) is 3.29. The lowest BCUT2D eigenvalue weighted by Gasteiger charge is -2.18. The van der Waals surface area contributed by atoms with Gasteiger partial charge in [0.15, 0.2) is 0 Å². The second kappa shape index (κ2) is 6.55. The van der Waals surface area contributed by atoms with Crippen LogP contribution >= 0.6 is 11.6 Å². The molecule has 3 heteroatoms. The Labute approximate surface area is 115 Å². The van der Waals surface area contributed by atoms with Crippen LogP contribution in [0.25, 0.3) is 0 Å². The highest BCUT2D eigenvalue weighted by atomic mass is 35.5. The summed E-state index contributed by atoms with van der Waals surface area (Å²) in [4.78, 5) is 2.51. The van der Waals surface area contributed by atoms with Crippen LogP contribution in [0.3, 0.4) is 0 Å². The first-order valence-corrected chi connectivity index (χ1v) is 7.27. The van der Waals surface area contributed by atoms with E-state index >= 15 is 0 Å². The van der Waals surface area contributed by atoms with Crippen molar-refractivity contribution in [2.45, 2.75) is 38.8 Å². The molecular formula is C15H23ClN2. The minimum atomic E-state index is 0.376. The van der Waals surface area contributed by atoms with Gasteiger partial charge < -0.3 is 5.73 Å². The molecule has 0 radical (unpaired) electrons. The topological polar surface area (TPSA) is 29.3 Å². The molecule has 2 N–H and O–H groups in total. The van der Waals surface area contributed by atoms with Gasteiger partial charge in [0, 0.05) is 24.2 Å². The number of nitrogens with zero attached hydrogens (tertiary/aromatic N) is 1. The Morgan fingerprint density at radius 3 is 3.06 bits per heavy atom. The van der Waals surface area contributed by atoms with E-state index in [9.17, 15) is 0 Å². The first kappa shape index (κ1) is 13.9. The molecule has 1 heterocycles. The number of nitrogens with two attached hydrogens (primary N) is 1. The van der Waals surface area contributed by atoms with Crippen molar-refractivity contribution in [1.82, 2.24) is 4.90 Å². The number of rotatable bonds is 5. The van der Waals surface area contributed by atoms with E-state index in [0.717, 1.165) is 23.9 Å². The average molecular weight is 267 g/mol. The first-order chi connectivity index (χ1) is 8.67. The second-order valence-corrected chi connectivity index (χ2v) is 5.86. The highest BCUT2D eigenvalue weighted by Crippen LogP contribution is 2.23. The van der Waals surface area contributed by atoms with Crippen molar-refractivity contribution in [3.05, 3.63) is 34.9 Å². The van der Waals surface area contributed by atoms with Gasteiger partial charge in [-0.3, -0.25) is 4.90 Å². The van der Waals surface area contributed by atoms with Crippen LogP contribution in [0.5, 0.6) is 0 Å². The molecule has 0 saturated carbocycles. The summed E-state index contributed by atoms with van der Waals surface area (Å²) in [6, 6.07) is 8.54. The molecule has 0 bridgehead atoms. The van der Waals surface area contributed by atoms with Gasteiger partial charge in [-0.15, -0.1) is 0 Å². The third kappa shape index (κ3) is 3.98. The molecule has 1 fully saturated rings. The molecule has 100 valence electrons. The number of benzene rings is 1. The minimum absolute atomic E-state index is 0.376. The van der Waals surface area contributed by atoms with Gasteiger partial charge in [0.25, 0.3) is 0 Å². The SMILES string of the molecule is CCC(N)CC1CCN(Cc2cccc(Cl)c2)C1. The Morgan fingerprint density at radius 1 is 1.50 bits per heavy atom. The Hall–Kier alpha value is -0.570. The average Bonchev–Trinajstić information content (AvgIpc) is 2.76. The molecule has 2 unspecified atom stereocenters. The van der Waals surface area contributed by atoms with Crippen molar-refractivity contribution < 1.29 is 0 Å². The van der Waals surface area contributed by atoms with Gasteiger partial charge in [-0.2, -0.15) is 0 Å². The lowest BCUT2D eigenvalue weighted by molar-refractivity contribution is 0.308. The molecule has 0 aliphatic carbocycles. The number of hydrogen-bond acceptors (Lipinski definition) is 2. The monoisotopic (exact) mass is 266 g/mol. The van der Waals surface area contributed by atoms with E-state index in [2.05, 4.69) is 24.0 Å². The van der Waals surface area contributed by atoms with E-state index in [1.807, 2.05) is 12.1 Å². The number of halogens is 1. The Bertz CT molecular complexity index is 381. The summed E-state index contributed by atoms with van der Waals surface area (Å²) in [5, 5.41) is 0.830.